The molecule has 3 aliphatic rings. The van der Waals surface area contributed by atoms with E-state index < -0.39 is 5.60 Å². The van der Waals surface area contributed by atoms with Gasteiger partial charge in [-0.25, -0.2) is 4.98 Å². The topological polar surface area (TPSA) is 101 Å². The monoisotopic (exact) mass is 450 g/mol. The van der Waals surface area contributed by atoms with E-state index in [4.69, 9.17) is 10.5 Å². The molecule has 7 nitrogen and oxygen atoms in total. The molecule has 33 heavy (non-hydrogen) atoms. The summed E-state index contributed by atoms with van der Waals surface area (Å²) < 4.78 is 5.38. The number of carbonyl (C=O) groups excluding carboxylic acids is 1. The van der Waals surface area contributed by atoms with Crippen LogP contribution in [-0.4, -0.2) is 58.8 Å². The van der Waals surface area contributed by atoms with Crippen LogP contribution in [0.4, 0.5) is 5.82 Å². The van der Waals surface area contributed by atoms with E-state index >= 15 is 0 Å². The third-order valence-corrected chi connectivity index (χ3v) is 7.73. The van der Waals surface area contributed by atoms with Crippen molar-refractivity contribution in [2.24, 2.45) is 5.41 Å². The normalized spacial score (nSPS) is 27.4. The Hall–Kier alpha value is -2.48. The van der Waals surface area contributed by atoms with Gasteiger partial charge in [0.25, 0.3) is 5.91 Å². The number of amides is 1. The van der Waals surface area contributed by atoms with Gasteiger partial charge in [-0.2, -0.15) is 0 Å². The van der Waals surface area contributed by atoms with Gasteiger partial charge in [0.1, 0.15) is 5.82 Å². The van der Waals surface area contributed by atoms with Crippen molar-refractivity contribution in [2.75, 3.05) is 32.0 Å². The summed E-state index contributed by atoms with van der Waals surface area (Å²) in [6.45, 7) is 8.11. The number of benzene rings is 1. The highest BCUT2D eigenvalue weighted by Crippen LogP contribution is 2.42. The number of rotatable bonds is 5. The molecule has 1 aromatic carbocycles. The van der Waals surface area contributed by atoms with Crippen LogP contribution in [0.25, 0.3) is 11.1 Å². The van der Waals surface area contributed by atoms with Crippen LogP contribution in [0.15, 0.2) is 36.5 Å². The number of pyridine rings is 1. The lowest BCUT2D eigenvalue weighted by molar-refractivity contribution is -0.197. The standard InChI is InChI=1S/C26H34N4O3/c1-17(30-13-26(14-30)15-33-16-26)18-3-5-19(6-4-18)20-11-22(23(27)28-12-20)24(31)29-21-7-9-25(2,32)10-8-21/h3-6,11-12,17,21,32H,7-10,13-16H2,1-2H3,(H2,27,28)(H,29,31)/t17-,21?,25?/m1/s1. The highest BCUT2D eigenvalue weighted by Gasteiger charge is 2.50. The Morgan fingerprint density at radius 1 is 1.21 bits per heavy atom. The molecule has 2 aromatic rings. The number of aromatic nitrogens is 1. The first kappa shape index (κ1) is 22.3. The fourth-order valence-electron chi connectivity index (χ4n) is 5.29. The number of nitrogen functional groups attached to an aromatic ring is 1. The number of ether oxygens (including phenoxy) is 1. The van der Waals surface area contributed by atoms with Crippen LogP contribution in [-0.2, 0) is 4.74 Å². The Morgan fingerprint density at radius 2 is 1.88 bits per heavy atom. The van der Waals surface area contributed by atoms with Gasteiger partial charge in [-0.15, -0.1) is 0 Å². The Kier molecular flexibility index (Phi) is 5.67. The van der Waals surface area contributed by atoms with Crippen LogP contribution in [0, 0.1) is 5.41 Å². The average Bonchev–Trinajstić information content (AvgIpc) is 2.73. The molecule has 4 N–H and O–H groups in total. The minimum absolute atomic E-state index is 0.0497. The van der Waals surface area contributed by atoms with Crippen molar-refractivity contribution >= 4 is 11.7 Å². The summed E-state index contributed by atoms with van der Waals surface area (Å²) in [7, 11) is 0. The van der Waals surface area contributed by atoms with Gasteiger partial charge in [-0.1, -0.05) is 24.3 Å². The van der Waals surface area contributed by atoms with E-state index in [0.717, 1.165) is 50.3 Å². The van der Waals surface area contributed by atoms with Crippen molar-refractivity contribution in [2.45, 2.75) is 57.2 Å². The van der Waals surface area contributed by atoms with E-state index in [1.807, 2.05) is 13.0 Å². The lowest BCUT2D eigenvalue weighted by atomic mass is 9.76. The number of nitrogens with one attached hydrogen (secondary N) is 1. The molecule has 2 saturated heterocycles. The zero-order valence-corrected chi connectivity index (χ0v) is 19.5. The van der Waals surface area contributed by atoms with Crippen LogP contribution in [0.1, 0.15) is 61.5 Å². The molecule has 0 unspecified atom stereocenters. The predicted octanol–water partition coefficient (Wildman–Crippen LogP) is 3.15. The molecular formula is C26H34N4O3. The first-order chi connectivity index (χ1) is 15.7. The molecule has 5 rings (SSSR count). The molecule has 176 valence electrons. The van der Waals surface area contributed by atoms with Gasteiger partial charge >= 0.3 is 0 Å². The predicted molar refractivity (Wildman–Crippen MR) is 128 cm³/mol. The fraction of sp³-hybridized carbons (Fsp3) is 0.538. The van der Waals surface area contributed by atoms with E-state index in [-0.39, 0.29) is 17.8 Å². The maximum atomic E-state index is 12.9. The van der Waals surface area contributed by atoms with Gasteiger partial charge in [0.2, 0.25) is 0 Å². The minimum Gasteiger partial charge on any atom is -0.390 e. The second-order valence-electron chi connectivity index (χ2n) is 10.6. The van der Waals surface area contributed by atoms with Gasteiger partial charge in [-0.05, 0) is 56.7 Å². The Balaban J connectivity index is 1.25. The minimum atomic E-state index is -0.631. The Morgan fingerprint density at radius 3 is 2.48 bits per heavy atom. The first-order valence-electron chi connectivity index (χ1n) is 11.9. The van der Waals surface area contributed by atoms with E-state index in [0.29, 0.717) is 29.9 Å². The van der Waals surface area contributed by atoms with Gasteiger partial charge in [0.05, 0.1) is 24.4 Å². The Labute approximate surface area is 195 Å². The third kappa shape index (κ3) is 4.50. The van der Waals surface area contributed by atoms with Crippen LogP contribution in [0.2, 0.25) is 0 Å². The van der Waals surface area contributed by atoms with Gasteiger partial charge in [0.15, 0.2) is 0 Å². The van der Waals surface area contributed by atoms with Crippen LogP contribution < -0.4 is 11.1 Å². The number of hydrogen-bond donors (Lipinski definition) is 3. The number of carbonyl (C=O) groups is 1. The van der Waals surface area contributed by atoms with Gasteiger partial charge < -0.3 is 20.9 Å². The van der Waals surface area contributed by atoms with E-state index in [9.17, 15) is 9.90 Å². The molecule has 1 spiro atoms. The Bertz CT molecular complexity index is 1010. The molecule has 3 fully saturated rings. The molecule has 7 heteroatoms. The summed E-state index contributed by atoms with van der Waals surface area (Å²) in [6, 6.07) is 10.7. The smallest absolute Gasteiger partial charge is 0.255 e. The second kappa shape index (κ2) is 8.38. The first-order valence-corrected chi connectivity index (χ1v) is 11.9. The quantitative estimate of drug-likeness (QED) is 0.647. The zero-order chi connectivity index (χ0) is 23.2. The van der Waals surface area contributed by atoms with Crippen LogP contribution in [0.5, 0.6) is 0 Å². The molecular weight excluding hydrogens is 416 g/mol. The van der Waals surface area contributed by atoms with Crippen molar-refractivity contribution < 1.29 is 14.6 Å². The molecule has 1 aliphatic carbocycles. The molecule has 0 radical (unpaired) electrons. The highest BCUT2D eigenvalue weighted by molar-refractivity contribution is 5.99. The number of likely N-dealkylation sites (tertiary alicyclic amines) is 1. The summed E-state index contributed by atoms with van der Waals surface area (Å²) in [5.74, 6) is 0.0290. The van der Waals surface area contributed by atoms with Crippen molar-refractivity contribution in [1.82, 2.24) is 15.2 Å². The fourth-order valence-corrected chi connectivity index (χ4v) is 5.29. The number of anilines is 1. The maximum Gasteiger partial charge on any atom is 0.255 e. The van der Waals surface area contributed by atoms with Crippen LogP contribution in [0.3, 0.4) is 0 Å². The van der Waals surface area contributed by atoms with Crippen molar-refractivity contribution in [1.29, 1.82) is 0 Å². The maximum absolute atomic E-state index is 12.9. The number of hydrogen-bond acceptors (Lipinski definition) is 6. The SMILES string of the molecule is C[C@H](c1ccc(-c2cnc(N)c(C(=O)NC3CCC(C)(O)CC3)c2)cc1)N1CC2(COC2)C1. The van der Waals surface area contributed by atoms with Crippen LogP contribution >= 0.6 is 0 Å². The third-order valence-electron chi connectivity index (χ3n) is 7.73. The molecule has 0 bridgehead atoms. The summed E-state index contributed by atoms with van der Waals surface area (Å²) >= 11 is 0. The number of aliphatic hydroxyl groups is 1. The van der Waals surface area contributed by atoms with Gasteiger partial charge in [-0.3, -0.25) is 9.69 Å². The van der Waals surface area contributed by atoms with Crippen molar-refractivity contribution in [3.8, 4) is 11.1 Å². The molecule has 1 saturated carbocycles. The van der Waals surface area contributed by atoms with Crippen molar-refractivity contribution in [3.63, 3.8) is 0 Å². The summed E-state index contributed by atoms with van der Waals surface area (Å²) in [5, 5.41) is 13.2. The zero-order valence-electron chi connectivity index (χ0n) is 19.5. The lowest BCUT2D eigenvalue weighted by Gasteiger charge is -2.57. The largest absolute Gasteiger partial charge is 0.390 e. The summed E-state index contributed by atoms with van der Waals surface area (Å²) in [6.07, 6.45) is 4.61. The van der Waals surface area contributed by atoms with E-state index in [2.05, 4.69) is 46.4 Å². The molecule has 1 aromatic heterocycles. The molecule has 1 amide bonds. The molecule has 3 heterocycles. The number of nitrogens with zero attached hydrogens (tertiary/aromatic N) is 2. The summed E-state index contributed by atoms with van der Waals surface area (Å²) in [5.41, 5.74) is 9.39. The van der Waals surface area contributed by atoms with Crippen molar-refractivity contribution in [3.05, 3.63) is 47.7 Å². The molecule has 2 aliphatic heterocycles. The van der Waals surface area contributed by atoms with Gasteiger partial charge in [0, 0.05) is 42.3 Å². The number of nitrogens with two attached hydrogens (primary N) is 1. The van der Waals surface area contributed by atoms with E-state index in [1.165, 1.54) is 5.56 Å². The second-order valence-corrected chi connectivity index (χ2v) is 10.6. The average molecular weight is 451 g/mol. The highest BCUT2D eigenvalue weighted by atomic mass is 16.5. The molecule has 1 atom stereocenters. The lowest BCUT2D eigenvalue weighted by Crippen LogP contribution is -2.66. The summed E-state index contributed by atoms with van der Waals surface area (Å²) in [4.78, 5) is 19.7. The van der Waals surface area contributed by atoms with E-state index in [1.54, 1.807) is 6.20 Å².